The maximum atomic E-state index is 13.3. The Morgan fingerprint density at radius 1 is 1.00 bits per heavy atom. The maximum Gasteiger partial charge on any atom is 0.151 e. The van der Waals surface area contributed by atoms with Crippen molar-refractivity contribution in [3.05, 3.63) is 52.0 Å². The zero-order valence-electron chi connectivity index (χ0n) is 8.98. The fourth-order valence-corrected chi connectivity index (χ4v) is 1.76. The molecular weight excluding hydrogens is 281 g/mol. The summed E-state index contributed by atoms with van der Waals surface area (Å²) in [6, 6.07) is 6.49. The Hall–Kier alpha value is -1.52. The summed E-state index contributed by atoms with van der Waals surface area (Å²) in [5.41, 5.74) is 5.83. The van der Waals surface area contributed by atoms with Crippen LogP contribution in [0.5, 0.6) is 0 Å². The Kier molecular flexibility index (Phi) is 3.59. The van der Waals surface area contributed by atoms with Crippen LogP contribution in [0.25, 0.3) is 0 Å². The molecule has 0 bridgehead atoms. The monoisotopic (exact) mass is 288 g/mol. The number of hydrogen-bond acceptors (Lipinski definition) is 2. The van der Waals surface area contributed by atoms with E-state index in [0.717, 1.165) is 6.07 Å². The summed E-state index contributed by atoms with van der Waals surface area (Å²) in [7, 11) is 0. The molecule has 0 aliphatic rings. The lowest BCUT2D eigenvalue weighted by Gasteiger charge is -2.11. The van der Waals surface area contributed by atoms with E-state index in [9.17, 15) is 8.78 Å². The van der Waals surface area contributed by atoms with Crippen molar-refractivity contribution in [1.82, 2.24) is 0 Å². The zero-order valence-corrected chi connectivity index (χ0v) is 10.5. The van der Waals surface area contributed by atoms with Crippen molar-refractivity contribution in [2.24, 2.45) is 0 Å². The van der Waals surface area contributed by atoms with Crippen LogP contribution in [-0.2, 0) is 0 Å². The quantitative estimate of drug-likeness (QED) is 0.793. The summed E-state index contributed by atoms with van der Waals surface area (Å²) in [6.07, 6.45) is 0. The van der Waals surface area contributed by atoms with Crippen LogP contribution in [0, 0.1) is 11.6 Å². The first-order valence-corrected chi connectivity index (χ1v) is 5.69. The summed E-state index contributed by atoms with van der Waals surface area (Å²) in [6.45, 7) is 0. The third-order valence-electron chi connectivity index (χ3n) is 2.29. The fourth-order valence-electron chi connectivity index (χ4n) is 1.43. The highest BCUT2D eigenvalue weighted by molar-refractivity contribution is 6.35. The Labute approximate surface area is 112 Å². The van der Waals surface area contributed by atoms with Gasteiger partial charge in [0.2, 0.25) is 0 Å². The van der Waals surface area contributed by atoms with Crippen LogP contribution in [0.15, 0.2) is 30.3 Å². The normalized spacial score (nSPS) is 10.4. The molecule has 0 unspecified atom stereocenters. The molecule has 0 saturated carbocycles. The molecule has 18 heavy (non-hydrogen) atoms. The van der Waals surface area contributed by atoms with Crippen molar-refractivity contribution < 1.29 is 8.78 Å². The van der Waals surface area contributed by atoms with Crippen LogP contribution in [0.3, 0.4) is 0 Å². The summed E-state index contributed by atoms with van der Waals surface area (Å²) < 4.78 is 26.4. The van der Waals surface area contributed by atoms with Gasteiger partial charge in [-0.2, -0.15) is 0 Å². The van der Waals surface area contributed by atoms with Gasteiger partial charge in [0.25, 0.3) is 0 Å². The highest BCUT2D eigenvalue weighted by atomic mass is 35.5. The van der Waals surface area contributed by atoms with Crippen molar-refractivity contribution in [1.29, 1.82) is 0 Å². The highest BCUT2D eigenvalue weighted by Gasteiger charge is 2.10. The topological polar surface area (TPSA) is 38.0 Å². The van der Waals surface area contributed by atoms with E-state index < -0.39 is 11.6 Å². The molecule has 3 N–H and O–H groups in total. The molecule has 2 rings (SSSR count). The van der Waals surface area contributed by atoms with Gasteiger partial charge in [-0.3, -0.25) is 0 Å². The molecule has 0 saturated heterocycles. The Morgan fingerprint density at radius 3 is 2.44 bits per heavy atom. The molecule has 0 fully saturated rings. The van der Waals surface area contributed by atoms with Gasteiger partial charge in [-0.1, -0.05) is 23.2 Å². The molecule has 2 aromatic rings. The number of anilines is 3. The number of rotatable bonds is 2. The van der Waals surface area contributed by atoms with Crippen molar-refractivity contribution in [2.75, 3.05) is 11.1 Å². The van der Waals surface area contributed by atoms with E-state index in [4.69, 9.17) is 28.9 Å². The van der Waals surface area contributed by atoms with Crippen LogP contribution in [0.4, 0.5) is 25.8 Å². The average molecular weight is 289 g/mol. The molecule has 0 radical (unpaired) electrons. The molecule has 2 aromatic carbocycles. The first kappa shape index (κ1) is 12.9. The van der Waals surface area contributed by atoms with Gasteiger partial charge in [0.05, 0.1) is 22.1 Å². The molecular formula is C12H8Cl2F2N2. The SMILES string of the molecule is Nc1c(F)cc(F)cc1Nc1cc(Cl)ccc1Cl. The second-order valence-electron chi connectivity index (χ2n) is 3.60. The average Bonchev–Trinajstić information content (AvgIpc) is 2.30. The van der Waals surface area contributed by atoms with Crippen molar-refractivity contribution >= 4 is 40.3 Å². The van der Waals surface area contributed by atoms with Crippen LogP contribution in [-0.4, -0.2) is 0 Å². The third-order valence-corrected chi connectivity index (χ3v) is 2.86. The number of halogens is 4. The third kappa shape index (κ3) is 2.66. The van der Waals surface area contributed by atoms with E-state index in [1.807, 2.05) is 0 Å². The zero-order chi connectivity index (χ0) is 13.3. The van der Waals surface area contributed by atoms with Gasteiger partial charge in [-0.25, -0.2) is 8.78 Å². The largest absolute Gasteiger partial charge is 0.395 e. The molecule has 0 atom stereocenters. The second-order valence-corrected chi connectivity index (χ2v) is 4.44. The molecule has 2 nitrogen and oxygen atoms in total. The minimum atomic E-state index is -0.837. The maximum absolute atomic E-state index is 13.3. The van der Waals surface area contributed by atoms with Crippen molar-refractivity contribution in [3.8, 4) is 0 Å². The standard InChI is InChI=1S/C12H8Cl2F2N2/c13-6-1-2-8(14)10(3-6)18-11-5-7(15)4-9(16)12(11)17/h1-5,18H,17H2. The first-order valence-electron chi connectivity index (χ1n) is 4.94. The van der Waals surface area contributed by atoms with Crippen LogP contribution in [0.2, 0.25) is 10.0 Å². The molecule has 0 heterocycles. The van der Waals surface area contributed by atoms with E-state index in [1.165, 1.54) is 6.07 Å². The minimum Gasteiger partial charge on any atom is -0.395 e. The Morgan fingerprint density at radius 2 is 1.72 bits per heavy atom. The number of nitrogens with two attached hydrogens (primary N) is 1. The molecule has 6 heteroatoms. The van der Waals surface area contributed by atoms with E-state index in [2.05, 4.69) is 5.32 Å². The van der Waals surface area contributed by atoms with Gasteiger partial charge in [-0.15, -0.1) is 0 Å². The highest BCUT2D eigenvalue weighted by Crippen LogP contribution is 2.32. The van der Waals surface area contributed by atoms with Gasteiger partial charge in [-0.05, 0) is 24.3 Å². The van der Waals surface area contributed by atoms with Gasteiger partial charge >= 0.3 is 0 Å². The summed E-state index contributed by atoms with van der Waals surface area (Å²) in [4.78, 5) is 0. The lowest BCUT2D eigenvalue weighted by molar-refractivity contribution is 0.587. The molecule has 0 aromatic heterocycles. The van der Waals surface area contributed by atoms with Crippen molar-refractivity contribution in [3.63, 3.8) is 0 Å². The van der Waals surface area contributed by atoms with Gasteiger partial charge in [0.15, 0.2) is 5.82 Å². The van der Waals surface area contributed by atoms with E-state index in [1.54, 1.807) is 12.1 Å². The fraction of sp³-hybridized carbons (Fsp3) is 0. The molecule has 0 spiro atoms. The number of nitrogen functional groups attached to an aromatic ring is 1. The Balaban J connectivity index is 2.43. The number of benzene rings is 2. The summed E-state index contributed by atoms with van der Waals surface area (Å²) >= 11 is 11.7. The van der Waals surface area contributed by atoms with E-state index >= 15 is 0 Å². The summed E-state index contributed by atoms with van der Waals surface area (Å²) in [5.74, 6) is -1.57. The predicted octanol–water partition coefficient (Wildman–Crippen LogP) is 4.60. The van der Waals surface area contributed by atoms with E-state index in [0.29, 0.717) is 21.8 Å². The van der Waals surface area contributed by atoms with Gasteiger partial charge in [0.1, 0.15) is 5.82 Å². The Bertz CT molecular complexity index is 603. The second kappa shape index (κ2) is 5.00. The first-order chi connectivity index (χ1) is 8.47. The van der Waals surface area contributed by atoms with E-state index in [-0.39, 0.29) is 11.4 Å². The van der Waals surface area contributed by atoms with Crippen molar-refractivity contribution in [2.45, 2.75) is 0 Å². The lowest BCUT2D eigenvalue weighted by atomic mass is 10.2. The molecule has 94 valence electrons. The minimum absolute atomic E-state index is 0.0941. The lowest BCUT2D eigenvalue weighted by Crippen LogP contribution is -2.00. The molecule has 0 aliphatic heterocycles. The van der Waals surface area contributed by atoms with Crippen LogP contribution < -0.4 is 11.1 Å². The summed E-state index contributed by atoms with van der Waals surface area (Å²) in [5, 5.41) is 3.55. The molecule has 0 amide bonds. The van der Waals surface area contributed by atoms with Crippen LogP contribution >= 0.6 is 23.2 Å². The van der Waals surface area contributed by atoms with Gasteiger partial charge in [0, 0.05) is 11.1 Å². The molecule has 0 aliphatic carbocycles. The number of hydrogen-bond donors (Lipinski definition) is 2. The predicted molar refractivity (Wildman–Crippen MR) is 70.5 cm³/mol. The smallest absolute Gasteiger partial charge is 0.151 e. The van der Waals surface area contributed by atoms with Crippen LogP contribution in [0.1, 0.15) is 0 Å². The number of nitrogens with one attached hydrogen (secondary N) is 1. The van der Waals surface area contributed by atoms with Gasteiger partial charge < -0.3 is 11.1 Å².